The molecule has 0 aromatic heterocycles. The normalized spacial score (nSPS) is 15.3. The van der Waals surface area contributed by atoms with Gasteiger partial charge in [0, 0.05) is 0 Å². The Bertz CT molecular complexity index is 1170. The molecule has 0 radical (unpaired) electrons. The summed E-state index contributed by atoms with van der Waals surface area (Å²) in [5.74, 6) is -0.178. The van der Waals surface area contributed by atoms with Gasteiger partial charge in [0.25, 0.3) is 11.8 Å². The summed E-state index contributed by atoms with van der Waals surface area (Å²) in [6.45, 7) is 1.86. The molecule has 148 valence electrons. The van der Waals surface area contributed by atoms with E-state index >= 15 is 0 Å². The van der Waals surface area contributed by atoms with Crippen molar-refractivity contribution in [3.63, 3.8) is 0 Å². The molecule has 0 spiro atoms. The number of benzene rings is 3. The van der Waals surface area contributed by atoms with Crippen LogP contribution in [-0.2, 0) is 9.59 Å². The van der Waals surface area contributed by atoms with E-state index in [1.807, 2.05) is 43.3 Å². The van der Waals surface area contributed by atoms with Crippen LogP contribution < -0.4 is 15.0 Å². The fourth-order valence-corrected chi connectivity index (χ4v) is 3.12. The zero-order chi connectivity index (χ0) is 21.1. The third-order valence-corrected chi connectivity index (χ3v) is 4.51. The SMILES string of the molecule is Cc1cccc(N2C(=O)NC(=O)/C(=C\c3cccc(Oc4ccccc4)c3)C2=O)c1. The highest BCUT2D eigenvalue weighted by Crippen LogP contribution is 2.25. The number of hydrogen-bond acceptors (Lipinski definition) is 4. The number of amides is 4. The van der Waals surface area contributed by atoms with Crippen LogP contribution in [0.5, 0.6) is 11.5 Å². The van der Waals surface area contributed by atoms with Crippen LogP contribution in [0.2, 0.25) is 0 Å². The third kappa shape index (κ3) is 3.98. The van der Waals surface area contributed by atoms with Crippen LogP contribution in [0.1, 0.15) is 11.1 Å². The molecule has 4 rings (SSSR count). The Hall–Kier alpha value is -4.19. The highest BCUT2D eigenvalue weighted by Gasteiger charge is 2.36. The van der Waals surface area contributed by atoms with Crippen LogP contribution >= 0.6 is 0 Å². The minimum Gasteiger partial charge on any atom is -0.457 e. The van der Waals surface area contributed by atoms with Gasteiger partial charge >= 0.3 is 6.03 Å². The molecular formula is C24H18N2O4. The second kappa shape index (κ2) is 8.05. The largest absolute Gasteiger partial charge is 0.457 e. The van der Waals surface area contributed by atoms with Crippen LogP contribution in [0.3, 0.4) is 0 Å². The summed E-state index contributed by atoms with van der Waals surface area (Å²) in [7, 11) is 0. The Morgan fingerprint density at radius 3 is 2.33 bits per heavy atom. The van der Waals surface area contributed by atoms with E-state index in [4.69, 9.17) is 4.74 Å². The number of nitrogens with zero attached hydrogens (tertiary/aromatic N) is 1. The monoisotopic (exact) mass is 398 g/mol. The second-order valence-electron chi connectivity index (χ2n) is 6.78. The molecule has 6 nitrogen and oxygen atoms in total. The van der Waals surface area contributed by atoms with E-state index in [1.165, 1.54) is 6.08 Å². The minimum atomic E-state index is -0.770. The Kier molecular flexibility index (Phi) is 5.13. The zero-order valence-electron chi connectivity index (χ0n) is 16.2. The Morgan fingerprint density at radius 2 is 1.57 bits per heavy atom. The zero-order valence-corrected chi connectivity index (χ0v) is 16.2. The highest BCUT2D eigenvalue weighted by atomic mass is 16.5. The molecule has 1 fully saturated rings. The van der Waals surface area contributed by atoms with Crippen molar-refractivity contribution < 1.29 is 19.1 Å². The van der Waals surface area contributed by atoms with Crippen LogP contribution in [0.15, 0.2) is 84.4 Å². The summed E-state index contributed by atoms with van der Waals surface area (Å²) in [5.41, 5.74) is 1.76. The maximum absolute atomic E-state index is 13.0. The molecule has 30 heavy (non-hydrogen) atoms. The molecule has 0 atom stereocenters. The van der Waals surface area contributed by atoms with Gasteiger partial charge in [0.2, 0.25) is 0 Å². The molecule has 1 saturated heterocycles. The number of rotatable bonds is 4. The van der Waals surface area contributed by atoms with Crippen molar-refractivity contribution in [2.75, 3.05) is 4.90 Å². The Labute approximate surface area is 173 Å². The lowest BCUT2D eigenvalue weighted by Crippen LogP contribution is -2.54. The number of imide groups is 2. The first kappa shape index (κ1) is 19.1. The van der Waals surface area contributed by atoms with Gasteiger partial charge in [-0.05, 0) is 60.5 Å². The fraction of sp³-hybridized carbons (Fsp3) is 0.0417. The van der Waals surface area contributed by atoms with Crippen LogP contribution in [-0.4, -0.2) is 17.8 Å². The number of nitrogens with one attached hydrogen (secondary N) is 1. The maximum atomic E-state index is 13.0. The lowest BCUT2D eigenvalue weighted by atomic mass is 10.1. The van der Waals surface area contributed by atoms with Crippen molar-refractivity contribution in [2.45, 2.75) is 6.92 Å². The molecule has 6 heteroatoms. The lowest BCUT2D eigenvalue weighted by Gasteiger charge is -2.26. The summed E-state index contributed by atoms with van der Waals surface area (Å²) < 4.78 is 5.80. The third-order valence-electron chi connectivity index (χ3n) is 4.51. The topological polar surface area (TPSA) is 75.7 Å². The van der Waals surface area contributed by atoms with E-state index in [2.05, 4.69) is 5.32 Å². The molecule has 1 heterocycles. The first-order chi connectivity index (χ1) is 14.5. The number of anilines is 1. The Morgan fingerprint density at radius 1 is 0.833 bits per heavy atom. The minimum absolute atomic E-state index is 0.132. The lowest BCUT2D eigenvalue weighted by molar-refractivity contribution is -0.122. The van der Waals surface area contributed by atoms with Gasteiger partial charge in [-0.1, -0.05) is 42.5 Å². The van der Waals surface area contributed by atoms with Crippen molar-refractivity contribution >= 4 is 29.6 Å². The fourth-order valence-electron chi connectivity index (χ4n) is 3.12. The first-order valence-corrected chi connectivity index (χ1v) is 9.32. The number of ether oxygens (including phenoxy) is 1. The number of hydrogen-bond donors (Lipinski definition) is 1. The number of barbiturate groups is 1. The molecular weight excluding hydrogens is 380 g/mol. The van der Waals surface area contributed by atoms with Gasteiger partial charge in [0.05, 0.1) is 5.69 Å². The standard InChI is InChI=1S/C24H18N2O4/c1-16-7-5-9-18(13-16)26-23(28)21(22(27)25-24(26)29)15-17-8-6-12-20(14-17)30-19-10-3-2-4-11-19/h2-15H,1H3,(H,25,27,29)/b21-15+. The second-order valence-corrected chi connectivity index (χ2v) is 6.78. The van der Waals surface area contributed by atoms with E-state index in [1.54, 1.807) is 42.5 Å². The van der Waals surface area contributed by atoms with E-state index in [-0.39, 0.29) is 5.57 Å². The highest BCUT2D eigenvalue weighted by molar-refractivity contribution is 6.39. The predicted molar refractivity (Wildman–Crippen MR) is 113 cm³/mol. The van der Waals surface area contributed by atoms with Crippen molar-refractivity contribution in [3.8, 4) is 11.5 Å². The molecule has 3 aromatic carbocycles. The molecule has 0 aliphatic carbocycles. The summed E-state index contributed by atoms with van der Waals surface area (Å²) >= 11 is 0. The van der Waals surface area contributed by atoms with Crippen molar-refractivity contribution in [1.82, 2.24) is 5.32 Å². The first-order valence-electron chi connectivity index (χ1n) is 9.32. The average molecular weight is 398 g/mol. The molecule has 0 saturated carbocycles. The molecule has 4 amide bonds. The van der Waals surface area contributed by atoms with Gasteiger partial charge in [-0.3, -0.25) is 14.9 Å². The van der Waals surface area contributed by atoms with Crippen LogP contribution in [0.4, 0.5) is 10.5 Å². The summed E-state index contributed by atoms with van der Waals surface area (Å²) in [5, 5.41) is 2.23. The molecule has 1 aliphatic rings. The molecule has 0 bridgehead atoms. The number of urea groups is 1. The van der Waals surface area contributed by atoms with Crippen LogP contribution in [0, 0.1) is 6.92 Å². The van der Waals surface area contributed by atoms with E-state index < -0.39 is 17.8 Å². The van der Waals surface area contributed by atoms with E-state index in [0.717, 1.165) is 10.5 Å². The molecule has 1 N–H and O–H groups in total. The van der Waals surface area contributed by atoms with Crippen molar-refractivity contribution in [3.05, 3.63) is 95.6 Å². The predicted octanol–water partition coefficient (Wildman–Crippen LogP) is 4.45. The number of carbonyl (C=O) groups excluding carboxylic acids is 3. The number of para-hydroxylation sites is 1. The molecule has 3 aromatic rings. The van der Waals surface area contributed by atoms with Gasteiger partial charge < -0.3 is 4.74 Å². The quantitative estimate of drug-likeness (QED) is 0.520. The molecule has 0 unspecified atom stereocenters. The summed E-state index contributed by atoms with van der Waals surface area (Å²) in [4.78, 5) is 38.6. The van der Waals surface area contributed by atoms with E-state index in [9.17, 15) is 14.4 Å². The maximum Gasteiger partial charge on any atom is 0.335 e. The van der Waals surface area contributed by atoms with Gasteiger partial charge in [0.15, 0.2) is 0 Å². The number of aryl methyl sites for hydroxylation is 1. The van der Waals surface area contributed by atoms with Gasteiger partial charge in [-0.15, -0.1) is 0 Å². The summed E-state index contributed by atoms with van der Waals surface area (Å²) in [6, 6.07) is 22.5. The Balaban J connectivity index is 1.65. The van der Waals surface area contributed by atoms with E-state index in [0.29, 0.717) is 22.7 Å². The average Bonchev–Trinajstić information content (AvgIpc) is 2.72. The molecule has 1 aliphatic heterocycles. The van der Waals surface area contributed by atoms with Gasteiger partial charge in [0.1, 0.15) is 17.1 Å². The smallest absolute Gasteiger partial charge is 0.335 e. The summed E-state index contributed by atoms with van der Waals surface area (Å²) in [6.07, 6.45) is 1.45. The van der Waals surface area contributed by atoms with Crippen molar-refractivity contribution in [1.29, 1.82) is 0 Å². The van der Waals surface area contributed by atoms with Gasteiger partial charge in [-0.2, -0.15) is 0 Å². The number of carbonyl (C=O) groups is 3. The van der Waals surface area contributed by atoms with Crippen molar-refractivity contribution in [2.24, 2.45) is 0 Å². The van der Waals surface area contributed by atoms with Crippen LogP contribution in [0.25, 0.3) is 6.08 Å². The van der Waals surface area contributed by atoms with Gasteiger partial charge in [-0.25, -0.2) is 9.69 Å².